The molecule has 0 aliphatic carbocycles. The fourth-order valence-corrected chi connectivity index (χ4v) is 2.02. The summed E-state index contributed by atoms with van der Waals surface area (Å²) in [5.41, 5.74) is 6.56. The molecule has 0 saturated carbocycles. The third kappa shape index (κ3) is 5.27. The smallest absolute Gasteiger partial charge is 0.405 e. The quantitative estimate of drug-likeness (QED) is 0.208. The topological polar surface area (TPSA) is 134 Å². The van der Waals surface area contributed by atoms with Crippen molar-refractivity contribution in [3.05, 3.63) is 0 Å². The van der Waals surface area contributed by atoms with E-state index in [0.29, 0.717) is 0 Å². The number of ether oxygens (including phenoxy) is 1. The highest BCUT2D eigenvalue weighted by Crippen LogP contribution is 2.36. The lowest BCUT2D eigenvalue weighted by molar-refractivity contribution is -0.143. The van der Waals surface area contributed by atoms with Gasteiger partial charge >= 0.3 is 12.0 Å². The van der Waals surface area contributed by atoms with Gasteiger partial charge < -0.3 is 14.9 Å². The molecule has 0 rings (SSSR count). The molecule has 2 amide bonds. The van der Waals surface area contributed by atoms with Crippen molar-refractivity contribution in [2.24, 2.45) is 11.6 Å². The molecule has 1 atom stereocenters. The lowest BCUT2D eigenvalue weighted by Gasteiger charge is -2.36. The average Bonchev–Trinajstić information content (AvgIpc) is 2.30. The van der Waals surface area contributed by atoms with Gasteiger partial charge in [-0.1, -0.05) is 20.8 Å². The maximum atomic E-state index is 11.7. The molecule has 0 fully saturated rings. The van der Waals surface area contributed by atoms with Crippen LogP contribution in [-0.4, -0.2) is 38.8 Å². The Hall–Kier alpha value is -1.45. The summed E-state index contributed by atoms with van der Waals surface area (Å²) in [6, 6.07) is 0. The van der Waals surface area contributed by atoms with Gasteiger partial charge in [0, 0.05) is 0 Å². The number of hydrazine groups is 1. The molecule has 116 valence electrons. The second-order valence-corrected chi connectivity index (χ2v) is 10.6. The van der Waals surface area contributed by atoms with Crippen molar-refractivity contribution in [2.45, 2.75) is 45.0 Å². The molecule has 0 aliphatic heterocycles. The SMILES string of the molecule is CC(C)(C)[Si](C)(C)OCC(OC(N)=O)C(=O)C(=O)NN. The molecule has 0 saturated heterocycles. The van der Waals surface area contributed by atoms with Crippen molar-refractivity contribution in [1.82, 2.24) is 5.43 Å². The lowest BCUT2D eigenvalue weighted by atomic mass is 10.2. The van der Waals surface area contributed by atoms with E-state index in [1.165, 1.54) is 0 Å². The maximum absolute atomic E-state index is 11.7. The van der Waals surface area contributed by atoms with Crippen LogP contribution in [0.15, 0.2) is 0 Å². The molecule has 1 unspecified atom stereocenters. The molecule has 0 heterocycles. The first-order chi connectivity index (χ1) is 8.92. The predicted molar refractivity (Wildman–Crippen MR) is 74.9 cm³/mol. The Labute approximate surface area is 119 Å². The Morgan fingerprint density at radius 3 is 2.10 bits per heavy atom. The number of hydrogen-bond acceptors (Lipinski definition) is 6. The normalized spacial score (nSPS) is 13.5. The maximum Gasteiger partial charge on any atom is 0.405 e. The Morgan fingerprint density at radius 1 is 1.25 bits per heavy atom. The molecule has 5 N–H and O–H groups in total. The van der Waals surface area contributed by atoms with E-state index < -0.39 is 32.2 Å². The predicted octanol–water partition coefficient (Wildman–Crippen LogP) is 0.0311. The zero-order valence-electron chi connectivity index (χ0n) is 12.5. The Balaban J connectivity index is 4.89. The molecule has 8 nitrogen and oxygen atoms in total. The summed E-state index contributed by atoms with van der Waals surface area (Å²) >= 11 is 0. The number of ketones is 1. The molecular formula is C11H23N3O5Si. The molecule has 0 aromatic rings. The van der Waals surface area contributed by atoms with Gasteiger partial charge in [0.05, 0.1) is 6.61 Å². The summed E-state index contributed by atoms with van der Waals surface area (Å²) in [7, 11) is -2.16. The molecular weight excluding hydrogens is 282 g/mol. The molecule has 0 aromatic carbocycles. The zero-order valence-corrected chi connectivity index (χ0v) is 13.5. The summed E-state index contributed by atoms with van der Waals surface area (Å²) in [4.78, 5) is 33.7. The third-order valence-electron chi connectivity index (χ3n) is 3.31. The van der Waals surface area contributed by atoms with E-state index in [1.54, 1.807) is 5.43 Å². The fraction of sp³-hybridized carbons (Fsp3) is 0.727. The van der Waals surface area contributed by atoms with E-state index >= 15 is 0 Å². The van der Waals surface area contributed by atoms with E-state index in [1.807, 2.05) is 33.9 Å². The monoisotopic (exact) mass is 305 g/mol. The van der Waals surface area contributed by atoms with Crippen LogP contribution in [0.3, 0.4) is 0 Å². The van der Waals surface area contributed by atoms with Gasteiger partial charge in [-0.3, -0.25) is 15.0 Å². The van der Waals surface area contributed by atoms with Crippen molar-refractivity contribution >= 4 is 26.1 Å². The van der Waals surface area contributed by atoms with Gasteiger partial charge in [-0.15, -0.1) is 0 Å². The lowest BCUT2D eigenvalue weighted by Crippen LogP contribution is -2.49. The molecule has 9 heteroatoms. The Morgan fingerprint density at radius 2 is 1.75 bits per heavy atom. The first-order valence-corrected chi connectivity index (χ1v) is 8.98. The van der Waals surface area contributed by atoms with E-state index in [2.05, 4.69) is 4.74 Å². The molecule has 0 bridgehead atoms. The minimum absolute atomic E-state index is 0.0938. The fourth-order valence-electron chi connectivity index (χ4n) is 1.02. The second-order valence-electron chi connectivity index (χ2n) is 5.83. The number of carbonyl (C=O) groups is 3. The van der Waals surface area contributed by atoms with Gasteiger partial charge in [-0.05, 0) is 18.1 Å². The zero-order chi connectivity index (χ0) is 16.1. The van der Waals surface area contributed by atoms with Crippen LogP contribution in [0.1, 0.15) is 20.8 Å². The van der Waals surface area contributed by atoms with E-state index in [0.717, 1.165) is 0 Å². The van der Waals surface area contributed by atoms with E-state index in [-0.39, 0.29) is 11.6 Å². The van der Waals surface area contributed by atoms with Gasteiger partial charge in [0.2, 0.25) is 0 Å². The van der Waals surface area contributed by atoms with Gasteiger partial charge in [-0.25, -0.2) is 10.6 Å². The number of primary amides is 1. The summed E-state index contributed by atoms with van der Waals surface area (Å²) in [5, 5.41) is -0.0938. The number of carbonyl (C=O) groups excluding carboxylic acids is 3. The largest absolute Gasteiger partial charge is 0.435 e. The third-order valence-corrected chi connectivity index (χ3v) is 7.81. The minimum atomic E-state index is -2.16. The Kier molecular flexibility index (Phi) is 6.32. The molecule has 20 heavy (non-hydrogen) atoms. The van der Waals surface area contributed by atoms with Gasteiger partial charge in [0.25, 0.3) is 5.78 Å². The van der Waals surface area contributed by atoms with Crippen molar-refractivity contribution in [2.75, 3.05) is 6.61 Å². The molecule has 0 aromatic heterocycles. The van der Waals surface area contributed by atoms with Crippen molar-refractivity contribution in [3.63, 3.8) is 0 Å². The first kappa shape index (κ1) is 18.5. The van der Waals surface area contributed by atoms with Gasteiger partial charge in [0.15, 0.2) is 14.4 Å². The van der Waals surface area contributed by atoms with Crippen molar-refractivity contribution in [3.8, 4) is 0 Å². The van der Waals surface area contributed by atoms with Crippen LogP contribution in [0.4, 0.5) is 4.79 Å². The summed E-state index contributed by atoms with van der Waals surface area (Å²) in [6.45, 7) is 9.72. The van der Waals surface area contributed by atoms with Gasteiger partial charge in [0.1, 0.15) is 0 Å². The minimum Gasteiger partial charge on any atom is -0.435 e. The van der Waals surface area contributed by atoms with Crippen LogP contribution in [-0.2, 0) is 18.8 Å². The number of nitrogens with two attached hydrogens (primary N) is 2. The first-order valence-electron chi connectivity index (χ1n) is 6.07. The second kappa shape index (κ2) is 6.82. The van der Waals surface area contributed by atoms with Crippen LogP contribution in [0.2, 0.25) is 18.1 Å². The average molecular weight is 305 g/mol. The number of Topliss-reactive ketones (excluding diaryl/α,β-unsaturated/α-hetero) is 1. The number of rotatable bonds is 6. The van der Waals surface area contributed by atoms with E-state index in [4.69, 9.17) is 16.0 Å². The summed E-state index contributed by atoms with van der Waals surface area (Å²) in [6.07, 6.45) is -2.56. The Bertz CT molecular complexity index is 392. The molecule has 0 spiro atoms. The van der Waals surface area contributed by atoms with Crippen molar-refractivity contribution in [1.29, 1.82) is 0 Å². The summed E-state index contributed by atoms with van der Waals surface area (Å²) < 4.78 is 10.4. The number of nitrogens with one attached hydrogen (secondary N) is 1. The highest BCUT2D eigenvalue weighted by Gasteiger charge is 2.39. The number of hydrogen-bond donors (Lipinski definition) is 3. The van der Waals surface area contributed by atoms with E-state index in [9.17, 15) is 14.4 Å². The van der Waals surface area contributed by atoms with Crippen LogP contribution in [0.25, 0.3) is 0 Å². The van der Waals surface area contributed by atoms with Crippen LogP contribution >= 0.6 is 0 Å². The van der Waals surface area contributed by atoms with Crippen LogP contribution in [0.5, 0.6) is 0 Å². The summed E-state index contributed by atoms with van der Waals surface area (Å²) in [5.74, 6) is 2.79. The highest BCUT2D eigenvalue weighted by atomic mass is 28.4. The molecule has 0 radical (unpaired) electrons. The standard InChI is InChI=1S/C11H23N3O5Si/c1-11(2,3)20(4,5)18-6-7(19-10(12)17)8(15)9(16)14-13/h7H,6,13H2,1-5H3,(H2,12,17)(H,14,16). The van der Waals surface area contributed by atoms with Crippen LogP contribution < -0.4 is 17.0 Å². The number of amides is 2. The molecule has 0 aliphatic rings. The highest BCUT2D eigenvalue weighted by molar-refractivity contribution is 6.74. The van der Waals surface area contributed by atoms with Crippen molar-refractivity contribution < 1.29 is 23.5 Å². The van der Waals surface area contributed by atoms with Crippen LogP contribution in [0, 0.1) is 0 Å². The van der Waals surface area contributed by atoms with Gasteiger partial charge in [-0.2, -0.15) is 0 Å².